The van der Waals surface area contributed by atoms with Gasteiger partial charge in [0.15, 0.2) is 5.96 Å². The van der Waals surface area contributed by atoms with Crippen LogP contribution >= 0.6 is 0 Å². The first-order valence-electron chi connectivity index (χ1n) is 15.4. The van der Waals surface area contributed by atoms with Gasteiger partial charge in [-0.1, -0.05) is 24.3 Å². The molecule has 1 aliphatic rings. The lowest BCUT2D eigenvalue weighted by Crippen LogP contribution is -2.30. The third-order valence-electron chi connectivity index (χ3n) is 7.05. The molecular weight excluding hydrogens is 625 g/mol. The lowest BCUT2D eigenvalue weighted by atomic mass is 9.89. The van der Waals surface area contributed by atoms with Gasteiger partial charge in [-0.2, -0.15) is 13.2 Å². The average molecular weight is 675 g/mol. The van der Waals surface area contributed by atoms with Crippen molar-refractivity contribution in [1.82, 2.24) is 0 Å². The Balaban J connectivity index is 0.000000779. The summed E-state index contributed by atoms with van der Waals surface area (Å²) in [6.45, 7) is 3.85. The second-order valence-corrected chi connectivity index (χ2v) is 11.4. The number of ether oxygens (including phenoxy) is 2. The number of carbonyl (C=O) groups is 2. The molecule has 0 spiro atoms. The van der Waals surface area contributed by atoms with E-state index in [1.54, 1.807) is 19.9 Å². The van der Waals surface area contributed by atoms with Gasteiger partial charge in [-0.15, -0.1) is 0 Å². The molecule has 0 bridgehead atoms. The molecule has 0 aromatic heterocycles. The number of unbranched alkanes of at least 4 members (excludes halogenated alkanes) is 1. The maximum absolute atomic E-state index is 12.6. The number of aliphatic hydroxyl groups excluding tert-OH is 3. The zero-order valence-electron chi connectivity index (χ0n) is 26.8. The van der Waals surface area contributed by atoms with Crippen molar-refractivity contribution in [2.24, 2.45) is 34.0 Å². The predicted molar refractivity (Wildman–Crippen MR) is 170 cm³/mol. The minimum absolute atomic E-state index is 0.0129. The number of aliphatic carboxylic acids is 1. The van der Waals surface area contributed by atoms with Gasteiger partial charge in [0.25, 0.3) is 0 Å². The van der Waals surface area contributed by atoms with Crippen LogP contribution in [0.1, 0.15) is 64.4 Å². The number of alkyl halides is 3. The number of carbonyl (C=O) groups excluding carboxylic acids is 1. The van der Waals surface area contributed by atoms with Crippen LogP contribution in [0.15, 0.2) is 53.6 Å². The maximum Gasteiger partial charge on any atom is 0.416 e. The summed E-state index contributed by atoms with van der Waals surface area (Å²) in [5.74, 6) is -1.61. The van der Waals surface area contributed by atoms with Gasteiger partial charge < -0.3 is 47.1 Å². The maximum atomic E-state index is 12.6. The number of halogens is 3. The number of carboxylic acid groups (broad SMARTS) is 1. The average Bonchev–Trinajstić information content (AvgIpc) is 3.25. The summed E-state index contributed by atoms with van der Waals surface area (Å²) in [6, 6.07) is 3.36. The van der Waals surface area contributed by atoms with Crippen molar-refractivity contribution in [2.45, 2.75) is 95.4 Å². The highest BCUT2D eigenvalue weighted by Gasteiger charge is 2.39. The Morgan fingerprint density at radius 3 is 2.32 bits per heavy atom. The van der Waals surface area contributed by atoms with E-state index in [1.807, 2.05) is 12.2 Å². The molecule has 0 aliphatic heterocycles. The topological polar surface area (TPSA) is 224 Å². The van der Waals surface area contributed by atoms with Crippen LogP contribution < -0.4 is 21.9 Å². The van der Waals surface area contributed by atoms with E-state index in [0.717, 1.165) is 12.1 Å². The number of esters is 1. The fourth-order valence-electron chi connectivity index (χ4n) is 4.64. The molecule has 0 unspecified atom stereocenters. The zero-order valence-corrected chi connectivity index (χ0v) is 26.8. The molecule has 1 aliphatic carbocycles. The highest BCUT2D eigenvalue weighted by Crippen LogP contribution is 2.36. The van der Waals surface area contributed by atoms with Gasteiger partial charge in [0.05, 0.1) is 23.9 Å². The largest absolute Gasteiger partial charge is 0.491 e. The molecule has 1 saturated carbocycles. The minimum atomic E-state index is -4.43. The fraction of sp³-hybridized carbons (Fsp3) is 0.594. The number of benzene rings is 1. The van der Waals surface area contributed by atoms with E-state index in [2.05, 4.69) is 4.99 Å². The van der Waals surface area contributed by atoms with Crippen LogP contribution in [0, 0.1) is 11.8 Å². The summed E-state index contributed by atoms with van der Waals surface area (Å²) in [5.41, 5.74) is 14.5. The molecule has 266 valence electrons. The molecule has 1 aromatic rings. The highest BCUT2D eigenvalue weighted by molar-refractivity contribution is 5.75. The molecule has 10 N–H and O–H groups in total. The van der Waals surface area contributed by atoms with Crippen molar-refractivity contribution in [2.75, 3.05) is 13.2 Å². The molecule has 47 heavy (non-hydrogen) atoms. The van der Waals surface area contributed by atoms with Gasteiger partial charge in [-0.3, -0.25) is 14.6 Å². The van der Waals surface area contributed by atoms with Crippen molar-refractivity contribution in [3.8, 4) is 5.75 Å². The van der Waals surface area contributed by atoms with E-state index in [0.29, 0.717) is 45.1 Å². The standard InChI is InChI=1S/C26H35F3O6.C6H14N4O2/c1-17(2)35-25(33)8-6-4-3-5-7-21-22(24(32)15-23(21)31)14-11-19(30)16-34-20-12-9-18(10-13-20)26(27,28)29;7-4(5(11)12)2-1-3-10-6(8)9/h3,5,9-14,17,19,21-24,30-32H,4,6-8,15-16H2,1-2H3;4H,1-3,7H2,(H,11,12)(H4,8,9,10)/b5-3-,14-11+;/t19-,21-,22-,23+,24-;4-/m10/s1. The molecule has 0 radical (unpaired) electrons. The van der Waals surface area contributed by atoms with Gasteiger partial charge in [0.2, 0.25) is 0 Å². The zero-order chi connectivity index (χ0) is 35.6. The molecule has 12 nitrogen and oxygen atoms in total. The Morgan fingerprint density at radius 1 is 1.09 bits per heavy atom. The molecule has 1 aromatic carbocycles. The van der Waals surface area contributed by atoms with Gasteiger partial charge in [-0.25, -0.2) is 0 Å². The van der Waals surface area contributed by atoms with Gasteiger partial charge in [0.1, 0.15) is 24.5 Å². The molecule has 6 atom stereocenters. The normalized spacial score (nSPS) is 20.9. The Kier molecular flexibility index (Phi) is 18.7. The molecule has 15 heteroatoms. The van der Waals surface area contributed by atoms with Crippen molar-refractivity contribution in [1.29, 1.82) is 0 Å². The molecule has 2 rings (SSSR count). The predicted octanol–water partition coefficient (Wildman–Crippen LogP) is 2.88. The van der Waals surface area contributed by atoms with Gasteiger partial charge in [0, 0.05) is 25.3 Å². The van der Waals surface area contributed by atoms with Crippen LogP contribution in [0.3, 0.4) is 0 Å². The SMILES string of the molecule is CC(C)OC(=O)CCC/C=C\C[C@@H]1[C@@H](/C=C/[C@@H](O)COc2ccc(C(F)(F)F)cc2)[C@H](O)C[C@@H]1O.NC(N)=NCCC[C@H](N)C(=O)O. The van der Waals surface area contributed by atoms with Crippen LogP contribution in [0.4, 0.5) is 13.2 Å². The number of hydrogen-bond donors (Lipinski definition) is 7. The molecule has 0 heterocycles. The van der Waals surface area contributed by atoms with Crippen molar-refractivity contribution in [3.63, 3.8) is 0 Å². The number of hydrogen-bond acceptors (Lipinski definition) is 9. The third-order valence-corrected chi connectivity index (χ3v) is 7.05. The smallest absolute Gasteiger partial charge is 0.416 e. The molecule has 1 fully saturated rings. The van der Waals surface area contributed by atoms with E-state index in [4.69, 9.17) is 31.8 Å². The Bertz CT molecular complexity index is 1160. The van der Waals surface area contributed by atoms with Crippen LogP contribution in [-0.2, 0) is 20.5 Å². The van der Waals surface area contributed by atoms with E-state index in [-0.39, 0.29) is 48.6 Å². The van der Waals surface area contributed by atoms with Crippen molar-refractivity contribution in [3.05, 3.63) is 54.1 Å². The lowest BCUT2D eigenvalue weighted by molar-refractivity contribution is -0.147. The number of aliphatic hydroxyl groups is 3. The first kappa shape index (κ1) is 41.4. The minimum Gasteiger partial charge on any atom is -0.491 e. The van der Waals surface area contributed by atoms with Crippen LogP contribution in [0.5, 0.6) is 5.75 Å². The summed E-state index contributed by atoms with van der Waals surface area (Å²) >= 11 is 0. The molecule has 0 saturated heterocycles. The second kappa shape index (κ2) is 21.3. The van der Waals surface area contributed by atoms with Crippen LogP contribution in [0.25, 0.3) is 0 Å². The number of aliphatic imine (C=N–C) groups is 1. The summed E-state index contributed by atoms with van der Waals surface area (Å²) < 4.78 is 48.3. The number of allylic oxidation sites excluding steroid dienone is 2. The van der Waals surface area contributed by atoms with Crippen molar-refractivity contribution >= 4 is 17.9 Å². The Morgan fingerprint density at radius 2 is 1.74 bits per heavy atom. The molecule has 0 amide bonds. The highest BCUT2D eigenvalue weighted by atomic mass is 19.4. The number of guanidine groups is 1. The first-order valence-corrected chi connectivity index (χ1v) is 15.4. The van der Waals surface area contributed by atoms with E-state index in [9.17, 15) is 38.1 Å². The van der Waals surface area contributed by atoms with E-state index in [1.165, 1.54) is 18.2 Å². The van der Waals surface area contributed by atoms with E-state index < -0.39 is 42.1 Å². The summed E-state index contributed by atoms with van der Waals surface area (Å²) in [7, 11) is 0. The van der Waals surface area contributed by atoms with Gasteiger partial charge >= 0.3 is 18.1 Å². The van der Waals surface area contributed by atoms with E-state index >= 15 is 0 Å². The summed E-state index contributed by atoms with van der Waals surface area (Å²) in [4.78, 5) is 25.4. The number of carboxylic acids is 1. The number of nitrogens with zero attached hydrogens (tertiary/aromatic N) is 1. The quantitative estimate of drug-likeness (QED) is 0.0418. The Hall–Kier alpha value is -3.66. The first-order chi connectivity index (χ1) is 22.0. The lowest BCUT2D eigenvalue weighted by Gasteiger charge is -2.19. The van der Waals surface area contributed by atoms with Gasteiger partial charge in [-0.05, 0) is 76.1 Å². The summed E-state index contributed by atoms with van der Waals surface area (Å²) in [6.07, 6.45) is 3.34. The third kappa shape index (κ3) is 17.7. The van der Waals surface area contributed by atoms with Crippen LogP contribution in [0.2, 0.25) is 0 Å². The van der Waals surface area contributed by atoms with Crippen LogP contribution in [-0.4, -0.2) is 81.9 Å². The second-order valence-electron chi connectivity index (χ2n) is 11.4. The number of nitrogens with two attached hydrogens (primary N) is 3. The fourth-order valence-corrected chi connectivity index (χ4v) is 4.64. The Labute approximate surface area is 273 Å². The molecular formula is C32H49F3N4O8. The number of rotatable bonds is 17. The monoisotopic (exact) mass is 674 g/mol. The summed E-state index contributed by atoms with van der Waals surface area (Å²) in [5, 5.41) is 39.2. The van der Waals surface area contributed by atoms with Crippen molar-refractivity contribution < 1.29 is 52.7 Å².